The van der Waals surface area contributed by atoms with Crippen LogP contribution in [0.15, 0.2) is 54.7 Å². The van der Waals surface area contributed by atoms with Gasteiger partial charge in [-0.1, -0.05) is 59.9 Å². The molecule has 2 aromatic carbocycles. The lowest BCUT2D eigenvalue weighted by Gasteiger charge is -2.30. The van der Waals surface area contributed by atoms with Crippen LogP contribution in [0.25, 0.3) is 0 Å². The molecule has 3 rings (SSSR count). The topological polar surface area (TPSA) is 115 Å². The standard InChI is InChI=1S/C24H15Cl3F3N3O5/c1-13(11-37-22-18(27)8-14(10-32-22)24(28,29)30)21(34)23(12-31,16-7-6-15(25)9-17(16)26)38-20-5-3-2-4-19(20)33(35)36/h2-10,13H,11H2,1H3. The summed E-state index contributed by atoms with van der Waals surface area (Å²) in [5.74, 6) is -2.88. The van der Waals surface area contributed by atoms with E-state index in [1.807, 2.05) is 0 Å². The Balaban J connectivity index is 2.00. The van der Waals surface area contributed by atoms with Gasteiger partial charge in [0.25, 0.3) is 5.60 Å². The normalized spacial score (nSPS) is 13.6. The third-order valence-electron chi connectivity index (χ3n) is 5.19. The molecule has 0 fully saturated rings. The number of rotatable bonds is 9. The number of benzene rings is 2. The highest BCUT2D eigenvalue weighted by Gasteiger charge is 2.48. The van der Waals surface area contributed by atoms with E-state index >= 15 is 0 Å². The van der Waals surface area contributed by atoms with E-state index in [9.17, 15) is 33.3 Å². The van der Waals surface area contributed by atoms with Crippen molar-refractivity contribution in [3.8, 4) is 17.7 Å². The Morgan fingerprint density at radius 1 is 1.16 bits per heavy atom. The Morgan fingerprint density at radius 3 is 2.42 bits per heavy atom. The van der Waals surface area contributed by atoms with Gasteiger partial charge in [-0.2, -0.15) is 18.4 Å². The van der Waals surface area contributed by atoms with Crippen LogP contribution in [0, 0.1) is 27.4 Å². The molecule has 0 amide bonds. The molecule has 2 atom stereocenters. The van der Waals surface area contributed by atoms with Crippen LogP contribution in [-0.4, -0.2) is 22.3 Å². The lowest BCUT2D eigenvalue weighted by Crippen LogP contribution is -2.45. The predicted molar refractivity (Wildman–Crippen MR) is 131 cm³/mol. The van der Waals surface area contributed by atoms with E-state index in [0.717, 1.165) is 6.07 Å². The fourth-order valence-electron chi connectivity index (χ4n) is 3.32. The van der Waals surface area contributed by atoms with Gasteiger partial charge in [-0.05, 0) is 24.3 Å². The number of nitrogens with zero attached hydrogens (tertiary/aromatic N) is 3. The van der Waals surface area contributed by atoms with E-state index in [0.29, 0.717) is 12.3 Å². The number of carbonyl (C=O) groups excluding carboxylic acids is 1. The number of halogens is 6. The number of hydrogen-bond donors (Lipinski definition) is 0. The molecule has 38 heavy (non-hydrogen) atoms. The summed E-state index contributed by atoms with van der Waals surface area (Å²) in [6.07, 6.45) is -4.17. The fourth-order valence-corrected chi connectivity index (χ4v) is 4.09. The average Bonchev–Trinajstić information content (AvgIpc) is 2.85. The summed E-state index contributed by atoms with van der Waals surface area (Å²) in [5.41, 5.74) is -4.27. The third kappa shape index (κ3) is 6.10. The van der Waals surface area contributed by atoms with Gasteiger partial charge in [-0.15, -0.1) is 0 Å². The highest BCUT2D eigenvalue weighted by atomic mass is 35.5. The zero-order valence-electron chi connectivity index (χ0n) is 19.1. The first-order chi connectivity index (χ1) is 17.8. The highest BCUT2D eigenvalue weighted by molar-refractivity contribution is 6.35. The second kappa shape index (κ2) is 11.4. The summed E-state index contributed by atoms with van der Waals surface area (Å²) in [6, 6.07) is 11.4. The second-order valence-electron chi connectivity index (χ2n) is 7.83. The smallest absolute Gasteiger partial charge is 0.417 e. The van der Waals surface area contributed by atoms with Crippen LogP contribution in [-0.2, 0) is 16.6 Å². The zero-order valence-corrected chi connectivity index (χ0v) is 21.4. The van der Waals surface area contributed by atoms with Crippen LogP contribution in [0.4, 0.5) is 18.9 Å². The third-order valence-corrected chi connectivity index (χ3v) is 6.01. The van der Waals surface area contributed by atoms with Gasteiger partial charge < -0.3 is 9.47 Å². The van der Waals surface area contributed by atoms with Crippen LogP contribution in [0.2, 0.25) is 15.1 Å². The molecule has 0 aliphatic heterocycles. The first-order valence-electron chi connectivity index (χ1n) is 10.5. The van der Waals surface area contributed by atoms with Gasteiger partial charge in [0.05, 0.1) is 28.0 Å². The number of nitriles is 1. The summed E-state index contributed by atoms with van der Waals surface area (Å²) in [6.45, 7) is 0.852. The van der Waals surface area contributed by atoms with E-state index in [-0.39, 0.29) is 27.2 Å². The maximum Gasteiger partial charge on any atom is 0.417 e. The van der Waals surface area contributed by atoms with Crippen LogP contribution < -0.4 is 9.47 Å². The van der Waals surface area contributed by atoms with Crippen molar-refractivity contribution >= 4 is 46.3 Å². The predicted octanol–water partition coefficient (Wildman–Crippen LogP) is 7.05. The fraction of sp³-hybridized carbons (Fsp3) is 0.208. The first-order valence-corrected chi connectivity index (χ1v) is 11.6. The molecule has 1 heterocycles. The van der Waals surface area contributed by atoms with Crippen molar-refractivity contribution in [1.82, 2.24) is 4.98 Å². The van der Waals surface area contributed by atoms with Crippen molar-refractivity contribution in [2.75, 3.05) is 6.61 Å². The van der Waals surface area contributed by atoms with E-state index in [4.69, 9.17) is 44.3 Å². The van der Waals surface area contributed by atoms with Gasteiger partial charge >= 0.3 is 11.9 Å². The number of aromatic nitrogens is 1. The summed E-state index contributed by atoms with van der Waals surface area (Å²) in [5, 5.41) is 21.4. The molecule has 8 nitrogen and oxygen atoms in total. The van der Waals surface area contributed by atoms with Gasteiger partial charge in [0.15, 0.2) is 5.75 Å². The molecule has 3 aromatic rings. The monoisotopic (exact) mass is 587 g/mol. The minimum Gasteiger partial charge on any atom is -0.476 e. The van der Waals surface area contributed by atoms with Crippen molar-refractivity contribution < 1.29 is 32.4 Å². The highest BCUT2D eigenvalue weighted by Crippen LogP contribution is 2.40. The molecule has 0 radical (unpaired) electrons. The molecule has 0 bridgehead atoms. The number of alkyl halides is 3. The Hall–Kier alpha value is -3.59. The molecule has 14 heteroatoms. The summed E-state index contributed by atoms with van der Waals surface area (Å²) >= 11 is 18.1. The quantitative estimate of drug-likeness (QED) is 0.194. The molecule has 0 saturated heterocycles. The van der Waals surface area contributed by atoms with Gasteiger partial charge in [0.2, 0.25) is 11.7 Å². The molecule has 0 N–H and O–H groups in total. The molecule has 0 spiro atoms. The summed E-state index contributed by atoms with van der Waals surface area (Å²) < 4.78 is 49.8. The maximum absolute atomic E-state index is 13.7. The summed E-state index contributed by atoms with van der Waals surface area (Å²) in [4.78, 5) is 28.0. The lowest BCUT2D eigenvalue weighted by molar-refractivity contribution is -0.386. The van der Waals surface area contributed by atoms with E-state index in [1.54, 1.807) is 6.07 Å². The number of ether oxygens (including phenoxy) is 2. The average molecular weight is 589 g/mol. The molecule has 0 aliphatic carbocycles. The number of carbonyl (C=O) groups is 1. The van der Waals surface area contributed by atoms with Gasteiger partial charge in [-0.25, -0.2) is 4.98 Å². The molecule has 0 saturated carbocycles. The number of hydrogen-bond acceptors (Lipinski definition) is 7. The second-order valence-corrected chi connectivity index (χ2v) is 9.08. The van der Waals surface area contributed by atoms with E-state index < -0.39 is 51.3 Å². The number of Topliss-reactive ketones (excluding diaryl/α,β-unsaturated/α-hetero) is 1. The van der Waals surface area contributed by atoms with Crippen LogP contribution in [0.5, 0.6) is 11.6 Å². The van der Waals surface area contributed by atoms with Crippen LogP contribution >= 0.6 is 34.8 Å². The number of ketones is 1. The molecular weight excluding hydrogens is 574 g/mol. The maximum atomic E-state index is 13.7. The van der Waals surface area contributed by atoms with Crippen molar-refractivity contribution in [2.45, 2.75) is 18.7 Å². The van der Waals surface area contributed by atoms with Gasteiger partial charge in [0.1, 0.15) is 11.1 Å². The first kappa shape index (κ1) is 29.0. The number of nitro benzene ring substituents is 1. The van der Waals surface area contributed by atoms with Crippen molar-refractivity contribution in [2.24, 2.45) is 5.92 Å². The Kier molecular flexibility index (Phi) is 8.72. The Labute approximate surface area is 228 Å². The molecule has 0 aliphatic rings. The largest absolute Gasteiger partial charge is 0.476 e. The van der Waals surface area contributed by atoms with Crippen molar-refractivity contribution in [1.29, 1.82) is 5.26 Å². The van der Waals surface area contributed by atoms with Crippen molar-refractivity contribution in [3.63, 3.8) is 0 Å². The minimum atomic E-state index is -4.68. The van der Waals surface area contributed by atoms with Crippen LogP contribution in [0.1, 0.15) is 18.1 Å². The molecule has 2 unspecified atom stereocenters. The molecular formula is C24H15Cl3F3N3O5. The van der Waals surface area contributed by atoms with Crippen LogP contribution in [0.3, 0.4) is 0 Å². The minimum absolute atomic E-state index is 0.133. The SMILES string of the molecule is CC(COc1ncc(C(F)(F)F)cc1Cl)C(=O)C(C#N)(Oc1ccccc1[N+](=O)[O-])c1ccc(Cl)cc1Cl. The van der Waals surface area contributed by atoms with Gasteiger partial charge in [0, 0.05) is 22.8 Å². The molecule has 198 valence electrons. The number of para-hydroxylation sites is 2. The molecule has 1 aromatic heterocycles. The Morgan fingerprint density at radius 2 is 1.84 bits per heavy atom. The summed E-state index contributed by atoms with van der Waals surface area (Å²) in [7, 11) is 0. The van der Waals surface area contributed by atoms with Gasteiger partial charge in [-0.3, -0.25) is 14.9 Å². The Bertz CT molecular complexity index is 1430. The lowest BCUT2D eigenvalue weighted by atomic mass is 9.84. The van der Waals surface area contributed by atoms with E-state index in [1.165, 1.54) is 43.3 Å². The zero-order chi connectivity index (χ0) is 28.3. The number of nitro groups is 1. The van der Waals surface area contributed by atoms with E-state index in [2.05, 4.69) is 4.98 Å². The number of pyridine rings is 1. The van der Waals surface area contributed by atoms with Crippen molar-refractivity contribution in [3.05, 3.63) is 91.0 Å².